The number of amides is 3. The van der Waals surface area contributed by atoms with Crippen molar-refractivity contribution in [3.05, 3.63) is 35.9 Å². The fourth-order valence-electron chi connectivity index (χ4n) is 3.27. The highest BCUT2D eigenvalue weighted by Crippen LogP contribution is 2.10. The summed E-state index contributed by atoms with van der Waals surface area (Å²) in [5, 5.41) is 8.29. The van der Waals surface area contributed by atoms with Gasteiger partial charge < -0.3 is 20.7 Å². The number of carbonyl (C=O) groups is 3. The number of terminal acetylenes is 1. The predicted molar refractivity (Wildman–Crippen MR) is 130 cm³/mol. The summed E-state index contributed by atoms with van der Waals surface area (Å²) in [4.78, 5) is 38.2. The van der Waals surface area contributed by atoms with Crippen molar-refractivity contribution in [2.45, 2.75) is 85.0 Å². The topological polar surface area (TPSA) is 96.5 Å². The van der Waals surface area contributed by atoms with E-state index in [-0.39, 0.29) is 30.4 Å². The minimum atomic E-state index is -0.848. The first-order valence-electron chi connectivity index (χ1n) is 11.7. The van der Waals surface area contributed by atoms with Gasteiger partial charge in [-0.15, -0.1) is 6.42 Å². The molecule has 0 aromatic heterocycles. The van der Waals surface area contributed by atoms with Crippen LogP contribution >= 0.6 is 0 Å². The first-order chi connectivity index (χ1) is 15.7. The van der Waals surface area contributed by atoms with Crippen molar-refractivity contribution in [2.24, 2.45) is 11.8 Å². The Hall–Kier alpha value is -3.01. The van der Waals surface area contributed by atoms with Gasteiger partial charge >= 0.3 is 6.09 Å². The molecule has 1 aromatic rings. The normalized spacial score (nSPS) is 13.5. The number of alkyl carbamates (subject to hydrolysis) is 1. The summed E-state index contributed by atoms with van der Waals surface area (Å²) < 4.78 is 5.25. The lowest BCUT2D eigenvalue weighted by Gasteiger charge is -2.26. The first kappa shape index (κ1) is 28.0. The molecular weight excluding hydrogens is 418 g/mol. The van der Waals surface area contributed by atoms with Gasteiger partial charge in [0.05, 0.1) is 6.04 Å². The maximum atomic E-state index is 13.0. The van der Waals surface area contributed by atoms with Crippen LogP contribution in [0, 0.1) is 24.2 Å². The molecule has 0 radical (unpaired) electrons. The van der Waals surface area contributed by atoms with E-state index in [4.69, 9.17) is 11.2 Å². The molecule has 3 amide bonds. The smallest absolute Gasteiger partial charge is 0.408 e. The molecule has 0 saturated heterocycles. The van der Waals surface area contributed by atoms with Crippen molar-refractivity contribution in [1.29, 1.82) is 0 Å². The zero-order chi connectivity index (χ0) is 24.8. The van der Waals surface area contributed by atoms with E-state index >= 15 is 0 Å². The quantitative estimate of drug-likeness (QED) is 0.393. The van der Waals surface area contributed by atoms with E-state index in [0.717, 1.165) is 18.4 Å². The Bertz CT molecular complexity index is 786. The summed E-state index contributed by atoms with van der Waals surface area (Å²) in [6.07, 6.45) is 7.89. The van der Waals surface area contributed by atoms with Crippen LogP contribution in [-0.2, 0) is 20.9 Å². The average molecular weight is 458 g/mol. The van der Waals surface area contributed by atoms with Crippen molar-refractivity contribution in [1.82, 2.24) is 16.0 Å². The molecule has 0 heterocycles. The summed E-state index contributed by atoms with van der Waals surface area (Å²) in [6, 6.07) is 7.30. The molecule has 0 bridgehead atoms. The van der Waals surface area contributed by atoms with Crippen molar-refractivity contribution in [2.75, 3.05) is 0 Å². The number of hydrogen-bond donors (Lipinski definition) is 3. The molecule has 33 heavy (non-hydrogen) atoms. The summed E-state index contributed by atoms with van der Waals surface area (Å²) in [6.45, 7) is 9.74. The van der Waals surface area contributed by atoms with Gasteiger partial charge in [-0.1, -0.05) is 83.7 Å². The fraction of sp³-hybridized carbons (Fsp3) is 0.577. The lowest BCUT2D eigenvalue weighted by Crippen LogP contribution is -2.56. The fourth-order valence-corrected chi connectivity index (χ4v) is 3.27. The van der Waals surface area contributed by atoms with Gasteiger partial charge in [-0.3, -0.25) is 9.59 Å². The number of unbranched alkanes of at least 4 members (excludes halogenated alkanes) is 1. The molecule has 0 aliphatic rings. The summed E-state index contributed by atoms with van der Waals surface area (Å²) >= 11 is 0. The van der Waals surface area contributed by atoms with Gasteiger partial charge in [-0.05, 0) is 30.2 Å². The number of hydrogen-bond acceptors (Lipinski definition) is 4. The van der Waals surface area contributed by atoms with Crippen LogP contribution in [-0.4, -0.2) is 36.0 Å². The molecule has 0 aliphatic carbocycles. The van der Waals surface area contributed by atoms with Gasteiger partial charge in [0, 0.05) is 0 Å². The number of carbonyl (C=O) groups excluding carboxylic acids is 3. The second-order valence-corrected chi connectivity index (χ2v) is 8.99. The Morgan fingerprint density at radius 3 is 2.21 bits per heavy atom. The molecule has 7 heteroatoms. The van der Waals surface area contributed by atoms with E-state index in [2.05, 4.69) is 28.8 Å². The predicted octanol–water partition coefficient (Wildman–Crippen LogP) is 3.78. The van der Waals surface area contributed by atoms with Crippen LogP contribution in [0.3, 0.4) is 0 Å². The Morgan fingerprint density at radius 2 is 1.67 bits per heavy atom. The zero-order valence-electron chi connectivity index (χ0n) is 20.5. The van der Waals surface area contributed by atoms with E-state index in [9.17, 15) is 14.4 Å². The largest absolute Gasteiger partial charge is 0.445 e. The highest BCUT2D eigenvalue weighted by molar-refractivity contribution is 5.91. The van der Waals surface area contributed by atoms with E-state index in [1.807, 2.05) is 58.0 Å². The van der Waals surface area contributed by atoms with Gasteiger partial charge in [0.25, 0.3) is 0 Å². The third-order valence-electron chi connectivity index (χ3n) is 5.14. The van der Waals surface area contributed by atoms with Crippen LogP contribution in [0.15, 0.2) is 30.3 Å². The Kier molecular flexibility index (Phi) is 12.7. The molecular formula is C26H39N3O4. The van der Waals surface area contributed by atoms with Crippen LogP contribution in [0.1, 0.15) is 65.9 Å². The SMILES string of the molecule is C#C[C@H](CCCC)NC(=O)[C@H](CC(C)C)NC(=O)[C@@H](NC(=O)OCc1ccccc1)C(C)C. The summed E-state index contributed by atoms with van der Waals surface area (Å²) in [7, 11) is 0. The van der Waals surface area contributed by atoms with Crippen molar-refractivity contribution in [3.63, 3.8) is 0 Å². The van der Waals surface area contributed by atoms with Crippen LogP contribution in [0.25, 0.3) is 0 Å². The zero-order valence-corrected chi connectivity index (χ0v) is 20.5. The average Bonchev–Trinajstić information content (AvgIpc) is 2.78. The van der Waals surface area contributed by atoms with Gasteiger partial charge in [-0.2, -0.15) is 0 Å². The number of rotatable bonds is 13. The molecule has 3 atom stereocenters. The van der Waals surface area contributed by atoms with Gasteiger partial charge in [-0.25, -0.2) is 4.79 Å². The molecule has 1 aromatic carbocycles. The molecule has 0 saturated carbocycles. The molecule has 0 aliphatic heterocycles. The standard InChI is InChI=1S/C26H39N3O4/c1-7-9-15-21(8-2)27-24(30)22(16-18(3)4)28-25(31)23(19(5)6)29-26(32)33-17-20-13-11-10-12-14-20/h2,10-14,18-19,21-23H,7,9,15-17H2,1,3-6H3,(H,27,30)(H,28,31)(H,29,32)/t21-,22+,23+/m1/s1. The molecule has 182 valence electrons. The first-order valence-corrected chi connectivity index (χ1v) is 11.7. The third-order valence-corrected chi connectivity index (χ3v) is 5.14. The lowest BCUT2D eigenvalue weighted by molar-refractivity contribution is -0.131. The molecule has 1 rings (SSSR count). The Morgan fingerprint density at radius 1 is 1.00 bits per heavy atom. The highest BCUT2D eigenvalue weighted by atomic mass is 16.5. The maximum Gasteiger partial charge on any atom is 0.408 e. The van der Waals surface area contributed by atoms with E-state index in [0.29, 0.717) is 12.8 Å². The van der Waals surface area contributed by atoms with Gasteiger partial charge in [0.1, 0.15) is 18.7 Å². The highest BCUT2D eigenvalue weighted by Gasteiger charge is 2.30. The Balaban J connectivity index is 2.78. The van der Waals surface area contributed by atoms with E-state index < -0.39 is 24.1 Å². The van der Waals surface area contributed by atoms with Crippen LogP contribution in [0.2, 0.25) is 0 Å². The molecule has 3 N–H and O–H groups in total. The Labute approximate surface area is 198 Å². The molecule has 0 spiro atoms. The molecule has 7 nitrogen and oxygen atoms in total. The third kappa shape index (κ3) is 10.9. The van der Waals surface area contributed by atoms with E-state index in [1.54, 1.807) is 0 Å². The van der Waals surface area contributed by atoms with E-state index in [1.165, 1.54) is 0 Å². The number of nitrogens with one attached hydrogen (secondary N) is 3. The van der Waals surface area contributed by atoms with Crippen LogP contribution in [0.5, 0.6) is 0 Å². The summed E-state index contributed by atoms with van der Waals surface area (Å²) in [5.41, 5.74) is 0.845. The van der Waals surface area contributed by atoms with Gasteiger partial charge in [0.2, 0.25) is 11.8 Å². The van der Waals surface area contributed by atoms with Crippen LogP contribution < -0.4 is 16.0 Å². The number of benzene rings is 1. The summed E-state index contributed by atoms with van der Waals surface area (Å²) in [5.74, 6) is 1.81. The monoisotopic (exact) mass is 457 g/mol. The van der Waals surface area contributed by atoms with Crippen molar-refractivity contribution < 1.29 is 19.1 Å². The van der Waals surface area contributed by atoms with Crippen molar-refractivity contribution in [3.8, 4) is 12.3 Å². The van der Waals surface area contributed by atoms with Crippen LogP contribution in [0.4, 0.5) is 4.79 Å². The second-order valence-electron chi connectivity index (χ2n) is 8.99. The minimum absolute atomic E-state index is 0.0999. The number of ether oxygens (including phenoxy) is 1. The second kappa shape index (κ2) is 14.9. The molecule has 0 unspecified atom stereocenters. The minimum Gasteiger partial charge on any atom is -0.445 e. The van der Waals surface area contributed by atoms with Crippen molar-refractivity contribution >= 4 is 17.9 Å². The maximum absolute atomic E-state index is 13.0. The molecule has 0 fully saturated rings. The lowest BCUT2D eigenvalue weighted by atomic mass is 9.99. The van der Waals surface area contributed by atoms with Gasteiger partial charge in [0.15, 0.2) is 0 Å².